The number of hydrogen-bond donors (Lipinski definition) is 1. The summed E-state index contributed by atoms with van der Waals surface area (Å²) in [5.74, 6) is 2.16. The fourth-order valence-electron chi connectivity index (χ4n) is 1.99. The molecule has 2 rings (SSSR count). The number of thioether (sulfide) groups is 1. The molecule has 1 N–H and O–H groups in total. The molecule has 0 saturated carbocycles. The van der Waals surface area contributed by atoms with Gasteiger partial charge >= 0.3 is 0 Å². The van der Waals surface area contributed by atoms with Crippen molar-refractivity contribution in [1.82, 2.24) is 5.43 Å². The van der Waals surface area contributed by atoms with Gasteiger partial charge in [0.15, 0.2) is 11.5 Å². The van der Waals surface area contributed by atoms with Crippen LogP contribution in [-0.4, -0.2) is 32.1 Å². The SMILES string of the molecule is COc1ccc(/C=N/NC(=O)CSCc2ccc(Cl)cc2)cc1OC. The summed E-state index contributed by atoms with van der Waals surface area (Å²) in [5.41, 5.74) is 4.43. The second-order valence-electron chi connectivity index (χ2n) is 5.03. The van der Waals surface area contributed by atoms with Gasteiger partial charge in [0, 0.05) is 10.8 Å². The van der Waals surface area contributed by atoms with Gasteiger partial charge in [-0.2, -0.15) is 5.10 Å². The fourth-order valence-corrected chi connectivity index (χ4v) is 2.89. The van der Waals surface area contributed by atoms with Crippen molar-refractivity contribution in [2.45, 2.75) is 5.75 Å². The first kappa shape index (κ1) is 19.1. The standard InChI is InChI=1S/C18H19ClN2O3S/c1-23-16-8-5-14(9-17(16)24-2)10-20-21-18(22)12-25-11-13-3-6-15(19)7-4-13/h3-10H,11-12H2,1-2H3,(H,21,22)/b20-10+. The summed E-state index contributed by atoms with van der Waals surface area (Å²) in [6.45, 7) is 0. The highest BCUT2D eigenvalue weighted by Crippen LogP contribution is 2.26. The first-order valence-electron chi connectivity index (χ1n) is 7.48. The lowest BCUT2D eigenvalue weighted by atomic mass is 10.2. The summed E-state index contributed by atoms with van der Waals surface area (Å²) in [7, 11) is 3.14. The van der Waals surface area contributed by atoms with Gasteiger partial charge in [0.1, 0.15) is 0 Å². The molecule has 0 spiro atoms. The highest BCUT2D eigenvalue weighted by molar-refractivity contribution is 7.99. The molecule has 0 aliphatic carbocycles. The van der Waals surface area contributed by atoms with Crippen LogP contribution in [0.3, 0.4) is 0 Å². The van der Waals surface area contributed by atoms with Crippen molar-refractivity contribution < 1.29 is 14.3 Å². The topological polar surface area (TPSA) is 59.9 Å². The second-order valence-corrected chi connectivity index (χ2v) is 6.45. The van der Waals surface area contributed by atoms with E-state index >= 15 is 0 Å². The number of amides is 1. The molecule has 0 aliphatic heterocycles. The predicted octanol–water partition coefficient (Wildman–Crippen LogP) is 3.74. The lowest BCUT2D eigenvalue weighted by Crippen LogP contribution is -2.19. The average Bonchev–Trinajstić information content (AvgIpc) is 2.63. The maximum Gasteiger partial charge on any atom is 0.250 e. The second kappa shape index (κ2) is 9.96. The van der Waals surface area contributed by atoms with Crippen molar-refractivity contribution in [2.24, 2.45) is 5.10 Å². The van der Waals surface area contributed by atoms with Crippen LogP contribution < -0.4 is 14.9 Å². The van der Waals surface area contributed by atoms with Crippen LogP contribution in [0, 0.1) is 0 Å². The highest BCUT2D eigenvalue weighted by atomic mass is 35.5. The van der Waals surface area contributed by atoms with E-state index in [1.54, 1.807) is 32.6 Å². The van der Waals surface area contributed by atoms with Crippen LogP contribution in [-0.2, 0) is 10.5 Å². The summed E-state index contributed by atoms with van der Waals surface area (Å²) >= 11 is 7.35. The molecule has 0 aliphatic rings. The van der Waals surface area contributed by atoms with Crippen LogP contribution >= 0.6 is 23.4 Å². The van der Waals surface area contributed by atoms with Crippen molar-refractivity contribution in [3.8, 4) is 11.5 Å². The average molecular weight is 379 g/mol. The molecular weight excluding hydrogens is 360 g/mol. The molecule has 5 nitrogen and oxygen atoms in total. The lowest BCUT2D eigenvalue weighted by molar-refractivity contribution is -0.118. The lowest BCUT2D eigenvalue weighted by Gasteiger charge is -2.07. The zero-order chi connectivity index (χ0) is 18.1. The van der Waals surface area contributed by atoms with Gasteiger partial charge in [0.25, 0.3) is 0 Å². The highest BCUT2D eigenvalue weighted by Gasteiger charge is 2.04. The van der Waals surface area contributed by atoms with Crippen LogP contribution in [0.2, 0.25) is 5.02 Å². The smallest absolute Gasteiger partial charge is 0.250 e. The zero-order valence-corrected chi connectivity index (χ0v) is 15.6. The third-order valence-electron chi connectivity index (χ3n) is 3.23. The van der Waals surface area contributed by atoms with Crippen molar-refractivity contribution in [3.63, 3.8) is 0 Å². The maximum atomic E-state index is 11.8. The number of halogens is 1. The minimum Gasteiger partial charge on any atom is -0.493 e. The fraction of sp³-hybridized carbons (Fsp3) is 0.222. The molecule has 132 valence electrons. The normalized spacial score (nSPS) is 10.7. The summed E-state index contributed by atoms with van der Waals surface area (Å²) < 4.78 is 10.4. The quantitative estimate of drug-likeness (QED) is 0.561. The van der Waals surface area contributed by atoms with E-state index in [4.69, 9.17) is 21.1 Å². The number of methoxy groups -OCH3 is 2. The third-order valence-corrected chi connectivity index (χ3v) is 4.48. The zero-order valence-electron chi connectivity index (χ0n) is 14.0. The molecule has 0 aromatic heterocycles. The van der Waals surface area contributed by atoms with Gasteiger partial charge in [-0.1, -0.05) is 23.7 Å². The molecule has 0 heterocycles. The van der Waals surface area contributed by atoms with Crippen LogP contribution in [0.5, 0.6) is 11.5 Å². The van der Waals surface area contributed by atoms with Crippen molar-refractivity contribution >= 4 is 35.5 Å². The third kappa shape index (κ3) is 6.32. The number of ether oxygens (including phenoxy) is 2. The maximum absolute atomic E-state index is 11.8. The van der Waals surface area contributed by atoms with Crippen LogP contribution in [0.15, 0.2) is 47.6 Å². The van der Waals surface area contributed by atoms with E-state index in [-0.39, 0.29) is 5.91 Å². The minimum absolute atomic E-state index is 0.157. The molecule has 0 saturated heterocycles. The van der Waals surface area contributed by atoms with E-state index < -0.39 is 0 Å². The summed E-state index contributed by atoms with van der Waals surface area (Å²) in [4.78, 5) is 11.8. The van der Waals surface area contributed by atoms with Crippen LogP contribution in [0.4, 0.5) is 0 Å². The number of nitrogens with one attached hydrogen (secondary N) is 1. The van der Waals surface area contributed by atoms with E-state index in [1.165, 1.54) is 11.8 Å². The molecule has 2 aromatic rings. The summed E-state index contributed by atoms with van der Waals surface area (Å²) in [5, 5.41) is 4.66. The Balaban J connectivity index is 1.77. The predicted molar refractivity (Wildman–Crippen MR) is 103 cm³/mol. The van der Waals surface area contributed by atoms with Gasteiger partial charge in [-0.3, -0.25) is 4.79 Å². The van der Waals surface area contributed by atoms with Gasteiger partial charge in [0.05, 0.1) is 26.2 Å². The molecular formula is C18H19ClN2O3S. The van der Waals surface area contributed by atoms with Gasteiger partial charge < -0.3 is 9.47 Å². The molecule has 0 radical (unpaired) electrons. The van der Waals surface area contributed by atoms with Gasteiger partial charge in [0.2, 0.25) is 5.91 Å². The van der Waals surface area contributed by atoms with E-state index in [1.807, 2.05) is 30.3 Å². The van der Waals surface area contributed by atoms with Crippen molar-refractivity contribution in [3.05, 3.63) is 58.6 Å². The Morgan fingerprint density at radius 1 is 1.16 bits per heavy atom. The van der Waals surface area contributed by atoms with Gasteiger partial charge in [-0.25, -0.2) is 5.43 Å². The van der Waals surface area contributed by atoms with E-state index in [9.17, 15) is 4.79 Å². The number of nitrogens with zero attached hydrogens (tertiary/aromatic N) is 1. The van der Waals surface area contributed by atoms with Crippen LogP contribution in [0.1, 0.15) is 11.1 Å². The number of carbonyl (C=O) groups is 1. The molecule has 0 unspecified atom stereocenters. The Kier molecular flexibility index (Phi) is 7.63. The first-order valence-corrected chi connectivity index (χ1v) is 9.01. The largest absolute Gasteiger partial charge is 0.493 e. The molecule has 7 heteroatoms. The number of benzene rings is 2. The minimum atomic E-state index is -0.157. The summed E-state index contributed by atoms with van der Waals surface area (Å²) in [6, 6.07) is 13.0. The van der Waals surface area contributed by atoms with E-state index in [2.05, 4.69) is 10.5 Å². The molecule has 2 aromatic carbocycles. The van der Waals surface area contributed by atoms with Gasteiger partial charge in [-0.15, -0.1) is 11.8 Å². The van der Waals surface area contributed by atoms with Crippen molar-refractivity contribution in [2.75, 3.05) is 20.0 Å². The Hall–Kier alpha value is -2.18. The number of hydrogen-bond acceptors (Lipinski definition) is 5. The Morgan fingerprint density at radius 3 is 2.56 bits per heavy atom. The Morgan fingerprint density at radius 2 is 1.88 bits per heavy atom. The van der Waals surface area contributed by atoms with Crippen LogP contribution in [0.25, 0.3) is 0 Å². The number of carbonyl (C=O) groups excluding carboxylic acids is 1. The van der Waals surface area contributed by atoms with Gasteiger partial charge in [-0.05, 0) is 41.5 Å². The summed E-state index contributed by atoms with van der Waals surface area (Å²) in [6.07, 6.45) is 1.56. The first-order chi connectivity index (χ1) is 12.1. The molecule has 0 bridgehead atoms. The molecule has 1 amide bonds. The monoisotopic (exact) mass is 378 g/mol. The molecule has 25 heavy (non-hydrogen) atoms. The number of rotatable bonds is 8. The van der Waals surface area contributed by atoms with Crippen molar-refractivity contribution in [1.29, 1.82) is 0 Å². The number of hydrazone groups is 1. The van der Waals surface area contributed by atoms with E-state index in [0.29, 0.717) is 22.3 Å². The van der Waals surface area contributed by atoms with E-state index in [0.717, 1.165) is 16.9 Å². The Labute approximate surface area is 156 Å². The Bertz CT molecular complexity index is 736. The molecule has 0 atom stereocenters. The molecule has 0 fully saturated rings.